The third-order valence-corrected chi connectivity index (χ3v) is 5.31. The summed E-state index contributed by atoms with van der Waals surface area (Å²) < 4.78 is 0.980. The zero-order valence-electron chi connectivity index (χ0n) is 13.1. The highest BCUT2D eigenvalue weighted by molar-refractivity contribution is 8.01. The summed E-state index contributed by atoms with van der Waals surface area (Å²) >= 11 is 3.30. The van der Waals surface area contributed by atoms with E-state index in [1.165, 1.54) is 11.1 Å². The molecule has 0 spiro atoms. The molecule has 0 fully saturated rings. The largest absolute Gasteiger partial charge is 0.330 e. The van der Waals surface area contributed by atoms with Crippen molar-refractivity contribution in [1.29, 1.82) is 0 Å². The first-order valence-electron chi connectivity index (χ1n) is 7.41. The lowest BCUT2D eigenvalue weighted by Crippen LogP contribution is -1.92. The minimum atomic E-state index is 0.831. The van der Waals surface area contributed by atoms with E-state index in [0.717, 1.165) is 33.0 Å². The summed E-state index contributed by atoms with van der Waals surface area (Å²) in [5.74, 6) is 0.954. The SMILES string of the molecule is Cc1ccc(Nc2nnc(SCCc3ccccn3)s2)c(C)c1. The van der Waals surface area contributed by atoms with Gasteiger partial charge in [0.2, 0.25) is 5.13 Å². The Morgan fingerprint density at radius 3 is 2.83 bits per heavy atom. The summed E-state index contributed by atoms with van der Waals surface area (Å²) in [6.45, 7) is 4.19. The van der Waals surface area contributed by atoms with Crippen LogP contribution in [0, 0.1) is 13.8 Å². The van der Waals surface area contributed by atoms with Crippen molar-refractivity contribution in [3.63, 3.8) is 0 Å². The Morgan fingerprint density at radius 2 is 2.04 bits per heavy atom. The molecule has 0 aliphatic carbocycles. The Labute approximate surface area is 144 Å². The summed E-state index contributed by atoms with van der Waals surface area (Å²) in [7, 11) is 0. The van der Waals surface area contributed by atoms with Gasteiger partial charge in [-0.1, -0.05) is 46.9 Å². The number of thioether (sulfide) groups is 1. The molecule has 3 aromatic rings. The van der Waals surface area contributed by atoms with Crippen molar-refractivity contribution >= 4 is 33.9 Å². The molecule has 0 radical (unpaired) electrons. The molecule has 0 bridgehead atoms. The number of hydrogen-bond acceptors (Lipinski definition) is 6. The summed E-state index contributed by atoms with van der Waals surface area (Å²) in [5, 5.41) is 12.6. The average Bonchev–Trinajstić information content (AvgIpc) is 2.99. The molecule has 0 aliphatic heterocycles. The first kappa shape index (κ1) is 16.0. The molecular weight excluding hydrogens is 324 g/mol. The number of rotatable bonds is 6. The molecular formula is C17H18N4S2. The van der Waals surface area contributed by atoms with Gasteiger partial charge in [0.1, 0.15) is 0 Å². The van der Waals surface area contributed by atoms with E-state index in [9.17, 15) is 0 Å². The second-order valence-electron chi connectivity index (χ2n) is 5.24. The van der Waals surface area contributed by atoms with Crippen LogP contribution in [0.5, 0.6) is 0 Å². The maximum atomic E-state index is 4.33. The second-order valence-corrected chi connectivity index (χ2v) is 7.56. The molecule has 0 unspecified atom stereocenters. The predicted octanol–water partition coefficient (Wildman–Crippen LogP) is 4.63. The van der Waals surface area contributed by atoms with E-state index in [2.05, 4.69) is 52.5 Å². The highest BCUT2D eigenvalue weighted by Crippen LogP contribution is 2.29. The van der Waals surface area contributed by atoms with E-state index in [0.29, 0.717) is 0 Å². The monoisotopic (exact) mass is 342 g/mol. The number of nitrogens with one attached hydrogen (secondary N) is 1. The summed E-state index contributed by atoms with van der Waals surface area (Å²) in [4.78, 5) is 4.33. The Balaban J connectivity index is 1.55. The van der Waals surface area contributed by atoms with Gasteiger partial charge >= 0.3 is 0 Å². The molecule has 1 N–H and O–H groups in total. The second kappa shape index (κ2) is 7.57. The van der Waals surface area contributed by atoms with Crippen molar-refractivity contribution in [3.8, 4) is 0 Å². The van der Waals surface area contributed by atoms with Crippen molar-refractivity contribution in [1.82, 2.24) is 15.2 Å². The highest BCUT2D eigenvalue weighted by Gasteiger charge is 2.07. The highest BCUT2D eigenvalue weighted by atomic mass is 32.2. The van der Waals surface area contributed by atoms with Crippen molar-refractivity contribution < 1.29 is 0 Å². The molecule has 0 aliphatic rings. The fourth-order valence-electron chi connectivity index (χ4n) is 2.18. The van der Waals surface area contributed by atoms with Gasteiger partial charge in [0.25, 0.3) is 0 Å². The molecule has 0 amide bonds. The Bertz CT molecular complexity index is 771. The van der Waals surface area contributed by atoms with Crippen LogP contribution in [0.1, 0.15) is 16.8 Å². The van der Waals surface area contributed by atoms with Crippen LogP contribution in [0.4, 0.5) is 10.8 Å². The van der Waals surface area contributed by atoms with Crippen LogP contribution in [0.15, 0.2) is 46.9 Å². The van der Waals surface area contributed by atoms with Crippen LogP contribution in [-0.4, -0.2) is 20.9 Å². The molecule has 118 valence electrons. The van der Waals surface area contributed by atoms with E-state index in [4.69, 9.17) is 0 Å². The van der Waals surface area contributed by atoms with E-state index in [1.807, 2.05) is 24.4 Å². The number of benzene rings is 1. The quantitative estimate of drug-likeness (QED) is 0.662. The van der Waals surface area contributed by atoms with Gasteiger partial charge in [-0.05, 0) is 44.0 Å². The third-order valence-electron chi connectivity index (χ3n) is 3.34. The van der Waals surface area contributed by atoms with Crippen LogP contribution >= 0.6 is 23.1 Å². The van der Waals surface area contributed by atoms with Gasteiger partial charge < -0.3 is 5.32 Å². The normalized spacial score (nSPS) is 10.7. The maximum absolute atomic E-state index is 4.33. The number of aryl methyl sites for hydroxylation is 3. The lowest BCUT2D eigenvalue weighted by Gasteiger charge is -2.06. The zero-order valence-corrected chi connectivity index (χ0v) is 14.7. The third kappa shape index (κ3) is 4.53. The van der Waals surface area contributed by atoms with Crippen LogP contribution in [0.3, 0.4) is 0 Å². The van der Waals surface area contributed by atoms with Gasteiger partial charge in [0, 0.05) is 23.3 Å². The number of nitrogens with zero attached hydrogens (tertiary/aromatic N) is 3. The van der Waals surface area contributed by atoms with E-state index < -0.39 is 0 Å². The molecule has 0 saturated carbocycles. The van der Waals surface area contributed by atoms with Gasteiger partial charge in [0.05, 0.1) is 0 Å². The molecule has 4 nitrogen and oxygen atoms in total. The van der Waals surface area contributed by atoms with E-state index in [1.54, 1.807) is 23.1 Å². The molecule has 3 rings (SSSR count). The molecule has 0 saturated heterocycles. The fourth-order valence-corrected chi connectivity index (χ4v) is 3.97. The molecule has 2 aromatic heterocycles. The molecule has 23 heavy (non-hydrogen) atoms. The summed E-state index contributed by atoms with van der Waals surface area (Å²) in [5.41, 5.74) is 4.66. The Morgan fingerprint density at radius 1 is 1.13 bits per heavy atom. The van der Waals surface area contributed by atoms with Crippen LogP contribution in [0.25, 0.3) is 0 Å². The minimum Gasteiger partial charge on any atom is -0.330 e. The lowest BCUT2D eigenvalue weighted by atomic mass is 10.1. The summed E-state index contributed by atoms with van der Waals surface area (Å²) in [6, 6.07) is 12.3. The van der Waals surface area contributed by atoms with Crippen LogP contribution in [0.2, 0.25) is 0 Å². The molecule has 1 aromatic carbocycles. The lowest BCUT2D eigenvalue weighted by molar-refractivity contribution is 1.00. The van der Waals surface area contributed by atoms with E-state index >= 15 is 0 Å². The van der Waals surface area contributed by atoms with Crippen molar-refractivity contribution in [2.75, 3.05) is 11.1 Å². The average molecular weight is 342 g/mol. The minimum absolute atomic E-state index is 0.831. The van der Waals surface area contributed by atoms with Crippen molar-refractivity contribution in [3.05, 3.63) is 59.4 Å². The van der Waals surface area contributed by atoms with Gasteiger partial charge in [-0.2, -0.15) is 0 Å². The molecule has 0 atom stereocenters. The molecule has 2 heterocycles. The number of aromatic nitrogens is 3. The van der Waals surface area contributed by atoms with Gasteiger partial charge in [-0.15, -0.1) is 10.2 Å². The van der Waals surface area contributed by atoms with Gasteiger partial charge in [0.15, 0.2) is 4.34 Å². The van der Waals surface area contributed by atoms with Crippen LogP contribution in [-0.2, 0) is 6.42 Å². The number of hydrogen-bond donors (Lipinski definition) is 1. The van der Waals surface area contributed by atoms with Crippen molar-refractivity contribution in [2.24, 2.45) is 0 Å². The standard InChI is InChI=1S/C17H18N4S2/c1-12-6-7-15(13(2)11-12)19-16-20-21-17(23-16)22-10-8-14-5-3-4-9-18-14/h3-7,9,11H,8,10H2,1-2H3,(H,19,20). The predicted molar refractivity (Wildman–Crippen MR) is 97.8 cm³/mol. The first-order valence-corrected chi connectivity index (χ1v) is 9.21. The van der Waals surface area contributed by atoms with Crippen LogP contribution < -0.4 is 5.32 Å². The zero-order chi connectivity index (χ0) is 16.1. The fraction of sp³-hybridized carbons (Fsp3) is 0.235. The van der Waals surface area contributed by atoms with Gasteiger partial charge in [-0.3, -0.25) is 4.98 Å². The Hall–Kier alpha value is -1.92. The van der Waals surface area contributed by atoms with Crippen molar-refractivity contribution in [2.45, 2.75) is 24.6 Å². The summed E-state index contributed by atoms with van der Waals surface area (Å²) in [6.07, 6.45) is 2.77. The first-order chi connectivity index (χ1) is 11.2. The smallest absolute Gasteiger partial charge is 0.210 e. The molecule has 6 heteroatoms. The maximum Gasteiger partial charge on any atom is 0.210 e. The Kier molecular flexibility index (Phi) is 5.25. The topological polar surface area (TPSA) is 50.7 Å². The van der Waals surface area contributed by atoms with Gasteiger partial charge in [-0.25, -0.2) is 0 Å². The number of anilines is 2. The number of pyridine rings is 1. The van der Waals surface area contributed by atoms with E-state index in [-0.39, 0.29) is 0 Å².